The molecule has 0 saturated carbocycles. The number of rotatable bonds is 10. The summed E-state index contributed by atoms with van der Waals surface area (Å²) in [5, 5.41) is 2.27. The summed E-state index contributed by atoms with van der Waals surface area (Å²) in [6.45, 7) is 4.73. The Morgan fingerprint density at radius 3 is 2.43 bits per heavy atom. The van der Waals surface area contributed by atoms with Crippen molar-refractivity contribution in [2.45, 2.75) is 26.5 Å². The Hall–Kier alpha value is -4.52. The summed E-state index contributed by atoms with van der Waals surface area (Å²) in [6, 6.07) is 34.6. The van der Waals surface area contributed by atoms with Crippen LogP contribution in [0.25, 0.3) is 22.5 Å². The van der Waals surface area contributed by atoms with Crippen LogP contribution in [0.4, 0.5) is 0 Å². The summed E-state index contributed by atoms with van der Waals surface area (Å²) in [5.74, 6) is 0.829. The Bertz CT molecular complexity index is 2470. The highest BCUT2D eigenvalue weighted by molar-refractivity contribution is 14.1. The van der Waals surface area contributed by atoms with Gasteiger partial charge in [0.25, 0.3) is 5.56 Å². The maximum absolute atomic E-state index is 14.6. The molecule has 0 aliphatic carbocycles. The first kappa shape index (κ1) is 34.9. The summed E-state index contributed by atoms with van der Waals surface area (Å²) in [5.41, 5.74) is 3.77. The zero-order valence-corrected chi connectivity index (χ0v) is 32.3. The lowest BCUT2D eigenvalue weighted by Crippen LogP contribution is -2.40. The standard InChI is InChI=1S/C41H32BrIN2O5S/c1-3-48-31-19-17-27(18-20-31)37-35(40(47)49-4-2)36(26-12-6-5-7-13-26)44-41-45(37)39(46)34(51-41)22-29-21-30(42)23-33(43)38(29)50-24-28-15-10-14-25-11-8-9-16-32(25)28/h5-23,37H,3-4,24H2,1-2H3/b34-22-/t37-/m0/s1. The van der Waals surface area contributed by atoms with Gasteiger partial charge in [-0.3, -0.25) is 9.36 Å². The normalized spacial score (nSPS) is 14.3. The minimum absolute atomic E-state index is 0.174. The number of halogens is 2. The Kier molecular flexibility index (Phi) is 10.5. The molecule has 256 valence electrons. The van der Waals surface area contributed by atoms with Gasteiger partial charge in [-0.2, -0.15) is 0 Å². The molecular formula is C41H32BrIN2O5S. The second-order valence-corrected chi connectivity index (χ2v) is 14.8. The van der Waals surface area contributed by atoms with E-state index < -0.39 is 12.0 Å². The minimum Gasteiger partial charge on any atom is -0.494 e. The molecule has 2 heterocycles. The molecule has 0 bridgehead atoms. The van der Waals surface area contributed by atoms with Gasteiger partial charge in [0.15, 0.2) is 4.80 Å². The van der Waals surface area contributed by atoms with Crippen LogP contribution in [0, 0.1) is 3.57 Å². The van der Waals surface area contributed by atoms with Crippen LogP contribution in [0.15, 0.2) is 129 Å². The third-order valence-electron chi connectivity index (χ3n) is 8.46. The summed E-state index contributed by atoms with van der Waals surface area (Å²) in [6.07, 6.45) is 1.85. The average molecular weight is 872 g/mol. The van der Waals surface area contributed by atoms with Gasteiger partial charge in [0.2, 0.25) is 0 Å². The quantitative estimate of drug-likeness (QED) is 0.102. The van der Waals surface area contributed by atoms with Crippen LogP contribution in [-0.4, -0.2) is 23.8 Å². The third-order valence-corrected chi connectivity index (χ3v) is 10.7. The zero-order chi connectivity index (χ0) is 35.5. The van der Waals surface area contributed by atoms with Crippen molar-refractivity contribution in [2.75, 3.05) is 13.2 Å². The van der Waals surface area contributed by atoms with Gasteiger partial charge in [0.1, 0.15) is 18.1 Å². The largest absolute Gasteiger partial charge is 0.494 e. The molecular weight excluding hydrogens is 839 g/mol. The Morgan fingerprint density at radius 1 is 0.922 bits per heavy atom. The molecule has 1 aliphatic heterocycles. The summed E-state index contributed by atoms with van der Waals surface area (Å²) in [7, 11) is 0. The first-order chi connectivity index (χ1) is 24.9. The summed E-state index contributed by atoms with van der Waals surface area (Å²) < 4.78 is 21.7. The van der Waals surface area contributed by atoms with Crippen molar-refractivity contribution in [3.63, 3.8) is 0 Å². The van der Waals surface area contributed by atoms with Crippen LogP contribution >= 0.6 is 49.9 Å². The Balaban J connectivity index is 1.40. The smallest absolute Gasteiger partial charge is 0.338 e. The second kappa shape index (κ2) is 15.4. The van der Waals surface area contributed by atoms with Crippen molar-refractivity contribution < 1.29 is 19.0 Å². The van der Waals surface area contributed by atoms with Crippen molar-refractivity contribution in [2.24, 2.45) is 4.99 Å². The van der Waals surface area contributed by atoms with Gasteiger partial charge in [-0.05, 0) is 88.7 Å². The predicted molar refractivity (Wildman–Crippen MR) is 214 cm³/mol. The van der Waals surface area contributed by atoms with Gasteiger partial charge in [-0.25, -0.2) is 9.79 Å². The number of ether oxygens (including phenoxy) is 3. The Morgan fingerprint density at radius 2 is 1.67 bits per heavy atom. The van der Waals surface area contributed by atoms with E-state index in [0.717, 1.165) is 41.1 Å². The topological polar surface area (TPSA) is 79.1 Å². The van der Waals surface area contributed by atoms with E-state index in [1.165, 1.54) is 11.3 Å². The lowest BCUT2D eigenvalue weighted by molar-refractivity contribution is -0.138. The molecule has 0 saturated heterocycles. The van der Waals surface area contributed by atoms with Crippen molar-refractivity contribution in [1.82, 2.24) is 4.57 Å². The van der Waals surface area contributed by atoms with Gasteiger partial charge in [-0.1, -0.05) is 112 Å². The molecule has 1 aliphatic rings. The van der Waals surface area contributed by atoms with Gasteiger partial charge in [-0.15, -0.1) is 0 Å². The number of aromatic nitrogens is 1. The van der Waals surface area contributed by atoms with Crippen molar-refractivity contribution >= 4 is 78.4 Å². The molecule has 7 nitrogen and oxygen atoms in total. The lowest BCUT2D eigenvalue weighted by atomic mass is 9.93. The van der Waals surface area contributed by atoms with Crippen LogP contribution in [-0.2, 0) is 16.1 Å². The molecule has 0 fully saturated rings. The van der Waals surface area contributed by atoms with E-state index in [9.17, 15) is 9.59 Å². The number of carbonyl (C=O) groups is 1. The number of carbonyl (C=O) groups excluding carboxylic acids is 1. The molecule has 6 aromatic rings. The molecule has 51 heavy (non-hydrogen) atoms. The van der Waals surface area contributed by atoms with Crippen molar-refractivity contribution in [3.05, 3.63) is 165 Å². The molecule has 5 aromatic carbocycles. The van der Waals surface area contributed by atoms with Gasteiger partial charge in [0.05, 0.1) is 38.6 Å². The SMILES string of the molecule is CCOC(=O)C1=C(c2ccccc2)N=c2s/c(=C\c3cc(Br)cc(I)c3OCc3cccc4ccccc34)c(=O)n2[C@H]1c1ccc(OCC)cc1. The van der Waals surface area contributed by atoms with Gasteiger partial charge < -0.3 is 14.2 Å². The molecule has 0 unspecified atom stereocenters. The van der Waals surface area contributed by atoms with Crippen molar-refractivity contribution in [3.8, 4) is 11.5 Å². The number of thiazole rings is 1. The molecule has 1 aromatic heterocycles. The van der Waals surface area contributed by atoms with E-state index in [0.29, 0.717) is 45.3 Å². The molecule has 0 N–H and O–H groups in total. The van der Waals surface area contributed by atoms with Crippen LogP contribution in [0.2, 0.25) is 0 Å². The van der Waals surface area contributed by atoms with E-state index >= 15 is 0 Å². The van der Waals surface area contributed by atoms with E-state index in [4.69, 9.17) is 19.2 Å². The van der Waals surface area contributed by atoms with E-state index in [2.05, 4.69) is 62.8 Å². The van der Waals surface area contributed by atoms with E-state index in [1.54, 1.807) is 11.5 Å². The molecule has 0 amide bonds. The number of hydrogen-bond donors (Lipinski definition) is 0. The van der Waals surface area contributed by atoms with E-state index in [1.807, 2.05) is 97.9 Å². The third kappa shape index (κ3) is 7.17. The van der Waals surface area contributed by atoms with E-state index in [-0.39, 0.29) is 12.2 Å². The van der Waals surface area contributed by atoms with Crippen LogP contribution < -0.4 is 24.4 Å². The summed E-state index contributed by atoms with van der Waals surface area (Å²) >= 11 is 7.18. The highest BCUT2D eigenvalue weighted by Crippen LogP contribution is 2.36. The maximum Gasteiger partial charge on any atom is 0.338 e. The number of hydrogen-bond acceptors (Lipinski definition) is 7. The number of benzene rings is 5. The average Bonchev–Trinajstić information content (AvgIpc) is 3.45. The molecule has 0 radical (unpaired) electrons. The molecule has 7 rings (SSSR count). The number of esters is 1. The van der Waals surface area contributed by atoms with Crippen molar-refractivity contribution in [1.29, 1.82) is 0 Å². The van der Waals surface area contributed by atoms with Gasteiger partial charge >= 0.3 is 5.97 Å². The number of nitrogens with zero attached hydrogens (tertiary/aromatic N) is 2. The maximum atomic E-state index is 14.6. The minimum atomic E-state index is -0.793. The van der Waals surface area contributed by atoms with Crippen LogP contribution in [0.3, 0.4) is 0 Å². The molecule has 10 heteroatoms. The second-order valence-electron chi connectivity index (χ2n) is 11.7. The predicted octanol–water partition coefficient (Wildman–Crippen LogP) is 8.43. The monoisotopic (exact) mass is 870 g/mol. The summed E-state index contributed by atoms with van der Waals surface area (Å²) in [4.78, 5) is 33.9. The first-order valence-electron chi connectivity index (χ1n) is 16.5. The first-order valence-corrected chi connectivity index (χ1v) is 19.1. The molecule has 1 atom stereocenters. The highest BCUT2D eigenvalue weighted by atomic mass is 127. The molecule has 0 spiro atoms. The highest BCUT2D eigenvalue weighted by Gasteiger charge is 2.35. The van der Waals surface area contributed by atoms with Crippen LogP contribution in [0.5, 0.6) is 11.5 Å². The fourth-order valence-electron chi connectivity index (χ4n) is 6.22. The van der Waals surface area contributed by atoms with Crippen LogP contribution in [0.1, 0.15) is 42.1 Å². The number of fused-ring (bicyclic) bond motifs is 2. The lowest BCUT2D eigenvalue weighted by Gasteiger charge is -2.26. The Labute approximate surface area is 320 Å². The fraction of sp³-hybridized carbons (Fsp3) is 0.146. The van der Waals surface area contributed by atoms with Gasteiger partial charge in [0, 0.05) is 15.6 Å². The zero-order valence-electron chi connectivity index (χ0n) is 27.8. The fourth-order valence-corrected chi connectivity index (χ4v) is 8.92.